The lowest BCUT2D eigenvalue weighted by atomic mass is 10.1. The number of methoxy groups -OCH3 is 1. The Bertz CT molecular complexity index is 543. The van der Waals surface area contributed by atoms with Crippen LogP contribution in [0.5, 0.6) is 5.75 Å². The Balaban J connectivity index is 1.34. The van der Waals surface area contributed by atoms with Crippen LogP contribution < -0.4 is 10.1 Å². The zero-order chi connectivity index (χ0) is 17.5. The molecule has 2 aliphatic rings. The monoisotopic (exact) mass is 348 g/mol. The predicted molar refractivity (Wildman–Crippen MR) is 94.7 cm³/mol. The van der Waals surface area contributed by atoms with Crippen LogP contribution in [-0.2, 0) is 14.3 Å². The van der Waals surface area contributed by atoms with Gasteiger partial charge in [0.2, 0.25) is 5.91 Å². The number of carbonyl (C=O) groups is 1. The Morgan fingerprint density at radius 2 is 2.04 bits per heavy atom. The second-order valence-electron chi connectivity index (χ2n) is 6.67. The lowest BCUT2D eigenvalue weighted by molar-refractivity contribution is -0.122. The highest BCUT2D eigenvalue weighted by Crippen LogP contribution is 2.47. The molecule has 1 saturated heterocycles. The highest BCUT2D eigenvalue weighted by Gasteiger charge is 2.43. The van der Waals surface area contributed by atoms with Crippen LogP contribution in [-0.4, -0.2) is 64.1 Å². The molecular formula is C19H28N2O4. The molecule has 1 aromatic carbocycles. The van der Waals surface area contributed by atoms with Crippen molar-refractivity contribution < 1.29 is 19.0 Å². The minimum Gasteiger partial charge on any atom is -0.468 e. The number of nitrogens with one attached hydrogen (secondary N) is 1. The standard InChI is InChI=1S/C19H28N2O4/c1-23-14-25-16-5-3-15(4-6-16)17-13-18(17)19(22)20-7-2-8-21-9-11-24-12-10-21/h3-6,17-18H,2,7-14H2,1H3,(H,20,22). The smallest absolute Gasteiger partial charge is 0.223 e. The molecule has 1 N–H and O–H groups in total. The van der Waals surface area contributed by atoms with Crippen molar-refractivity contribution in [2.24, 2.45) is 5.92 Å². The maximum Gasteiger partial charge on any atom is 0.223 e. The number of rotatable bonds is 9. The second kappa shape index (κ2) is 9.17. The average Bonchev–Trinajstić information content (AvgIpc) is 3.45. The molecule has 1 aliphatic heterocycles. The first-order valence-electron chi connectivity index (χ1n) is 9.07. The van der Waals surface area contributed by atoms with Crippen molar-refractivity contribution >= 4 is 5.91 Å². The summed E-state index contributed by atoms with van der Waals surface area (Å²) in [4.78, 5) is 14.7. The molecule has 0 bridgehead atoms. The van der Waals surface area contributed by atoms with Crippen molar-refractivity contribution in [3.8, 4) is 5.75 Å². The SMILES string of the molecule is COCOc1ccc(C2CC2C(=O)NCCCN2CCOCC2)cc1. The number of amides is 1. The van der Waals surface area contributed by atoms with Gasteiger partial charge in [-0.05, 0) is 43.0 Å². The molecule has 1 aliphatic carbocycles. The molecule has 2 fully saturated rings. The molecule has 2 atom stereocenters. The van der Waals surface area contributed by atoms with Crippen LogP contribution in [0.3, 0.4) is 0 Å². The summed E-state index contributed by atoms with van der Waals surface area (Å²) >= 11 is 0. The molecule has 25 heavy (non-hydrogen) atoms. The third-order valence-corrected chi connectivity index (χ3v) is 4.83. The molecule has 2 unspecified atom stereocenters. The summed E-state index contributed by atoms with van der Waals surface area (Å²) in [5.41, 5.74) is 1.21. The fourth-order valence-corrected chi connectivity index (χ4v) is 3.26. The van der Waals surface area contributed by atoms with Gasteiger partial charge in [-0.15, -0.1) is 0 Å². The van der Waals surface area contributed by atoms with E-state index in [1.54, 1.807) is 7.11 Å². The van der Waals surface area contributed by atoms with Crippen molar-refractivity contribution in [2.75, 3.05) is 53.3 Å². The Morgan fingerprint density at radius 3 is 2.76 bits per heavy atom. The highest BCUT2D eigenvalue weighted by atomic mass is 16.7. The Morgan fingerprint density at radius 1 is 1.28 bits per heavy atom. The normalized spacial score (nSPS) is 23.2. The van der Waals surface area contributed by atoms with E-state index in [0.29, 0.717) is 5.92 Å². The summed E-state index contributed by atoms with van der Waals surface area (Å²) in [6.45, 7) is 5.68. The van der Waals surface area contributed by atoms with E-state index < -0.39 is 0 Å². The van der Waals surface area contributed by atoms with Crippen molar-refractivity contribution in [2.45, 2.75) is 18.8 Å². The first-order valence-corrected chi connectivity index (χ1v) is 9.07. The minimum atomic E-state index is 0.120. The fraction of sp³-hybridized carbons (Fsp3) is 0.632. The van der Waals surface area contributed by atoms with E-state index in [1.807, 2.05) is 24.3 Å². The maximum absolute atomic E-state index is 12.3. The van der Waals surface area contributed by atoms with Crippen LogP contribution in [0.15, 0.2) is 24.3 Å². The Labute approximate surface area is 149 Å². The zero-order valence-corrected chi connectivity index (χ0v) is 14.9. The molecule has 1 heterocycles. The number of carbonyl (C=O) groups excluding carboxylic acids is 1. The van der Waals surface area contributed by atoms with Gasteiger partial charge < -0.3 is 19.5 Å². The van der Waals surface area contributed by atoms with Crippen LogP contribution >= 0.6 is 0 Å². The zero-order valence-electron chi connectivity index (χ0n) is 14.9. The molecule has 6 heteroatoms. The van der Waals surface area contributed by atoms with E-state index in [2.05, 4.69) is 10.2 Å². The average molecular weight is 348 g/mol. The van der Waals surface area contributed by atoms with E-state index in [-0.39, 0.29) is 18.6 Å². The van der Waals surface area contributed by atoms with Gasteiger partial charge in [-0.3, -0.25) is 9.69 Å². The number of benzene rings is 1. The summed E-state index contributed by atoms with van der Waals surface area (Å²) in [5.74, 6) is 1.44. The summed E-state index contributed by atoms with van der Waals surface area (Å²) in [7, 11) is 1.60. The van der Waals surface area contributed by atoms with Gasteiger partial charge in [-0.2, -0.15) is 0 Å². The minimum absolute atomic E-state index is 0.120. The largest absolute Gasteiger partial charge is 0.468 e. The molecule has 138 valence electrons. The summed E-state index contributed by atoms with van der Waals surface area (Å²) in [6.07, 6.45) is 1.93. The number of hydrogen-bond donors (Lipinski definition) is 1. The summed E-state index contributed by atoms with van der Waals surface area (Å²) < 4.78 is 15.6. The second-order valence-corrected chi connectivity index (χ2v) is 6.67. The number of morpholine rings is 1. The molecule has 0 aromatic heterocycles. The van der Waals surface area contributed by atoms with Gasteiger partial charge >= 0.3 is 0 Å². The van der Waals surface area contributed by atoms with Crippen LogP contribution in [0.2, 0.25) is 0 Å². The van der Waals surface area contributed by atoms with Crippen molar-refractivity contribution in [3.05, 3.63) is 29.8 Å². The molecule has 3 rings (SSSR count). The van der Waals surface area contributed by atoms with Gasteiger partial charge in [0.1, 0.15) is 5.75 Å². The lowest BCUT2D eigenvalue weighted by Gasteiger charge is -2.26. The number of nitrogens with zero attached hydrogens (tertiary/aromatic N) is 1. The molecular weight excluding hydrogens is 320 g/mol. The third kappa shape index (κ3) is 5.42. The molecule has 1 saturated carbocycles. The van der Waals surface area contributed by atoms with Gasteiger partial charge in [0.15, 0.2) is 6.79 Å². The van der Waals surface area contributed by atoms with Gasteiger partial charge in [0.25, 0.3) is 0 Å². The first kappa shape index (κ1) is 18.2. The number of hydrogen-bond acceptors (Lipinski definition) is 5. The van der Waals surface area contributed by atoms with Crippen molar-refractivity contribution in [1.29, 1.82) is 0 Å². The van der Waals surface area contributed by atoms with Gasteiger partial charge in [0.05, 0.1) is 13.2 Å². The van der Waals surface area contributed by atoms with Crippen molar-refractivity contribution in [3.63, 3.8) is 0 Å². The van der Waals surface area contributed by atoms with Crippen LogP contribution in [0.1, 0.15) is 24.3 Å². The third-order valence-electron chi connectivity index (χ3n) is 4.83. The van der Waals surface area contributed by atoms with Gasteiger partial charge in [0, 0.05) is 32.7 Å². The van der Waals surface area contributed by atoms with Crippen LogP contribution in [0, 0.1) is 5.92 Å². The Hall–Kier alpha value is -1.63. The highest BCUT2D eigenvalue weighted by molar-refractivity contribution is 5.82. The molecule has 0 radical (unpaired) electrons. The molecule has 1 amide bonds. The van der Waals surface area contributed by atoms with Gasteiger partial charge in [-0.1, -0.05) is 12.1 Å². The van der Waals surface area contributed by atoms with Crippen LogP contribution in [0.25, 0.3) is 0 Å². The Kier molecular flexibility index (Phi) is 6.67. The molecule has 0 spiro atoms. The summed E-state index contributed by atoms with van der Waals surface area (Å²) in [6, 6.07) is 7.96. The van der Waals surface area contributed by atoms with E-state index >= 15 is 0 Å². The fourth-order valence-electron chi connectivity index (χ4n) is 3.26. The van der Waals surface area contributed by atoms with E-state index in [0.717, 1.165) is 58.0 Å². The summed E-state index contributed by atoms with van der Waals surface area (Å²) in [5, 5.41) is 3.09. The van der Waals surface area contributed by atoms with E-state index in [9.17, 15) is 4.79 Å². The quantitative estimate of drug-likeness (QED) is 0.543. The number of ether oxygens (including phenoxy) is 3. The maximum atomic E-state index is 12.3. The lowest BCUT2D eigenvalue weighted by Crippen LogP contribution is -2.38. The topological polar surface area (TPSA) is 60.0 Å². The van der Waals surface area contributed by atoms with Crippen molar-refractivity contribution in [1.82, 2.24) is 10.2 Å². The first-order chi connectivity index (χ1) is 12.3. The van der Waals surface area contributed by atoms with E-state index in [4.69, 9.17) is 14.2 Å². The van der Waals surface area contributed by atoms with Gasteiger partial charge in [-0.25, -0.2) is 0 Å². The predicted octanol–water partition coefficient (Wildman–Crippen LogP) is 1.61. The molecule has 1 aromatic rings. The molecule has 6 nitrogen and oxygen atoms in total. The van der Waals surface area contributed by atoms with Crippen LogP contribution in [0.4, 0.5) is 0 Å². The van der Waals surface area contributed by atoms with E-state index in [1.165, 1.54) is 5.56 Å².